The number of aromatic amines is 1. The van der Waals surface area contributed by atoms with Gasteiger partial charge in [-0.3, -0.25) is 13.9 Å². The number of halogens is 1. The predicted molar refractivity (Wildman–Crippen MR) is 176 cm³/mol. The lowest BCUT2D eigenvalue weighted by atomic mass is 10.0. The molecule has 2 N–H and O–H groups in total. The molecule has 1 saturated heterocycles. The number of hydrogen-bond donors (Lipinski definition) is 2. The number of carbonyl (C=O) groups is 2. The minimum Gasteiger partial charge on any atom is -0.358 e. The second-order valence-corrected chi connectivity index (χ2v) is 12.3. The lowest BCUT2D eigenvalue weighted by molar-refractivity contribution is -0.110. The van der Waals surface area contributed by atoms with Crippen LogP contribution in [-0.4, -0.2) is 75.3 Å². The molecule has 5 rings (SSSR count). The number of aromatic nitrogens is 1. The zero-order valence-electron chi connectivity index (χ0n) is 26.2. The molecule has 0 bridgehead atoms. The molecular weight excluding hydrogens is 586 g/mol. The molecule has 0 aliphatic carbocycles. The number of sulfonamides is 1. The number of carbonyl (C=O) groups excluding carboxylic acids is 2. The van der Waals surface area contributed by atoms with Crippen LogP contribution in [0.15, 0.2) is 47.4 Å². The Balaban J connectivity index is 0.00000121. The van der Waals surface area contributed by atoms with Crippen LogP contribution in [0, 0.1) is 13.8 Å². The first kappa shape index (κ1) is 33.9. The van der Waals surface area contributed by atoms with Crippen molar-refractivity contribution in [2.75, 3.05) is 49.9 Å². The fourth-order valence-corrected chi connectivity index (χ4v) is 6.39. The van der Waals surface area contributed by atoms with Gasteiger partial charge in [0.2, 0.25) is 0 Å². The Hall–Kier alpha value is -3.60. The van der Waals surface area contributed by atoms with Crippen molar-refractivity contribution in [3.63, 3.8) is 0 Å². The topological polar surface area (TPSA) is 106 Å². The Bertz CT molecular complexity index is 1620. The fraction of sp³-hybridized carbons (Fsp3) is 0.375. The van der Waals surface area contributed by atoms with E-state index in [9.17, 15) is 18.0 Å². The summed E-state index contributed by atoms with van der Waals surface area (Å²) in [6, 6.07) is 11.1. The van der Waals surface area contributed by atoms with Gasteiger partial charge in [0.1, 0.15) is 0 Å². The van der Waals surface area contributed by atoms with Crippen LogP contribution < -0.4 is 9.62 Å². The molecule has 2 aromatic carbocycles. The van der Waals surface area contributed by atoms with Gasteiger partial charge in [-0.15, -0.1) is 0 Å². The summed E-state index contributed by atoms with van der Waals surface area (Å²) >= 11 is 6.07. The summed E-state index contributed by atoms with van der Waals surface area (Å²) in [6.07, 6.45) is 1.68. The number of H-pyrrole nitrogens is 1. The minimum absolute atomic E-state index is 0.0345. The first-order valence-electron chi connectivity index (χ1n) is 14.6. The van der Waals surface area contributed by atoms with Gasteiger partial charge in [0.05, 0.1) is 21.7 Å². The number of rotatable bonds is 5. The number of aryl methyl sites for hydroxylation is 1. The molecule has 0 radical (unpaired) electrons. The van der Waals surface area contributed by atoms with Gasteiger partial charge in [-0.05, 0) is 68.9 Å². The number of nitrogens with one attached hydrogen (secondary N) is 2. The van der Waals surface area contributed by atoms with Crippen molar-refractivity contribution in [2.24, 2.45) is 0 Å². The van der Waals surface area contributed by atoms with Crippen LogP contribution in [0.25, 0.3) is 11.6 Å². The van der Waals surface area contributed by atoms with Crippen LogP contribution in [0.1, 0.15) is 60.6 Å². The molecule has 0 atom stereocenters. The Morgan fingerprint density at radius 3 is 2.28 bits per heavy atom. The normalized spacial score (nSPS) is 15.6. The van der Waals surface area contributed by atoms with Gasteiger partial charge in [0.15, 0.2) is 0 Å². The lowest BCUT2D eigenvalue weighted by Gasteiger charge is -2.32. The molecule has 9 nitrogen and oxygen atoms in total. The van der Waals surface area contributed by atoms with Gasteiger partial charge >= 0.3 is 0 Å². The summed E-state index contributed by atoms with van der Waals surface area (Å²) in [5, 5.41) is 3.23. The van der Waals surface area contributed by atoms with E-state index >= 15 is 0 Å². The summed E-state index contributed by atoms with van der Waals surface area (Å²) in [5.41, 5.74) is 4.43. The molecule has 2 amide bonds. The van der Waals surface area contributed by atoms with Crippen molar-refractivity contribution < 1.29 is 18.0 Å². The van der Waals surface area contributed by atoms with E-state index in [1.807, 2.05) is 53.5 Å². The Labute approximate surface area is 260 Å². The van der Waals surface area contributed by atoms with E-state index in [0.717, 1.165) is 28.7 Å². The van der Waals surface area contributed by atoms with Gasteiger partial charge in [-0.25, -0.2) is 8.42 Å². The third-order valence-corrected chi connectivity index (χ3v) is 9.39. The van der Waals surface area contributed by atoms with E-state index in [1.165, 1.54) is 19.2 Å². The highest BCUT2D eigenvalue weighted by molar-refractivity contribution is 7.92. The van der Waals surface area contributed by atoms with E-state index in [2.05, 4.69) is 15.2 Å². The quantitative estimate of drug-likeness (QED) is 0.336. The third kappa shape index (κ3) is 6.98. The van der Waals surface area contributed by atoms with Gasteiger partial charge < -0.3 is 20.1 Å². The molecule has 2 aliphatic heterocycles. The smallest absolute Gasteiger partial charge is 0.264 e. The molecule has 2 aliphatic rings. The van der Waals surface area contributed by atoms with Crippen molar-refractivity contribution in [1.29, 1.82) is 0 Å². The second kappa shape index (κ2) is 14.2. The maximum absolute atomic E-state index is 13.4. The third-order valence-electron chi connectivity index (χ3n) is 7.37. The number of amides is 2. The van der Waals surface area contributed by atoms with E-state index in [-0.39, 0.29) is 16.7 Å². The first-order valence-corrected chi connectivity index (χ1v) is 16.4. The summed E-state index contributed by atoms with van der Waals surface area (Å²) < 4.78 is 28.0. The van der Waals surface area contributed by atoms with E-state index < -0.39 is 10.0 Å². The van der Waals surface area contributed by atoms with Gasteiger partial charge in [-0.2, -0.15) is 0 Å². The highest BCUT2D eigenvalue weighted by Gasteiger charge is 2.30. The molecule has 0 saturated carbocycles. The Morgan fingerprint density at radius 2 is 1.65 bits per heavy atom. The molecule has 43 heavy (non-hydrogen) atoms. The van der Waals surface area contributed by atoms with Crippen LogP contribution in [0.4, 0.5) is 11.4 Å². The van der Waals surface area contributed by atoms with Gasteiger partial charge in [-0.1, -0.05) is 45.4 Å². The van der Waals surface area contributed by atoms with Crippen LogP contribution in [0.2, 0.25) is 5.02 Å². The maximum Gasteiger partial charge on any atom is 0.264 e. The van der Waals surface area contributed by atoms with Crippen LogP contribution in [0.3, 0.4) is 0 Å². The molecular formula is C32H42ClN5O4S. The largest absolute Gasteiger partial charge is 0.358 e. The molecule has 0 unspecified atom stereocenters. The molecule has 1 aromatic heterocycles. The van der Waals surface area contributed by atoms with E-state index in [1.54, 1.807) is 36.4 Å². The number of benzene rings is 2. The highest BCUT2D eigenvalue weighted by atomic mass is 35.5. The maximum atomic E-state index is 13.4. The van der Waals surface area contributed by atoms with E-state index in [4.69, 9.17) is 11.6 Å². The number of likely N-dealkylation sites (N-methyl/N-ethyl adjacent to an activating group) is 1. The second-order valence-electron chi connectivity index (χ2n) is 9.93. The molecule has 11 heteroatoms. The van der Waals surface area contributed by atoms with Crippen molar-refractivity contribution >= 4 is 56.5 Å². The zero-order valence-corrected chi connectivity index (χ0v) is 27.8. The standard InChI is InChI=1S/C28H30ClN5O4S.2C2H6/c1-17-25(30-18(2)26(17)28(36)34-12-10-32(3)11-13-34)16-23-22-15-21(8-9-24(22)31-27(23)35)39(37,38)33(4)20-7-5-6-19(29)14-20;2*1-2/h5-9,14-16,30H,10-13H2,1-4H3,(H,31,35);2*1-2H3/b23-16-;;. The van der Waals surface area contributed by atoms with Crippen LogP contribution in [-0.2, 0) is 14.8 Å². The molecule has 0 spiro atoms. The SMILES string of the molecule is CC.CC.Cc1[nH]c(/C=C2\C(=O)Nc3ccc(S(=O)(=O)N(C)c4cccc(Cl)c4)cc32)c(C)c1C(=O)N1CCN(C)CC1. The summed E-state index contributed by atoms with van der Waals surface area (Å²) in [7, 11) is -0.442. The molecule has 3 aromatic rings. The zero-order chi connectivity index (χ0) is 32.1. The monoisotopic (exact) mass is 627 g/mol. The van der Waals surface area contributed by atoms with Gasteiger partial charge in [0, 0.05) is 60.9 Å². The molecule has 1 fully saturated rings. The minimum atomic E-state index is -3.94. The van der Waals surface area contributed by atoms with Crippen molar-refractivity contribution in [2.45, 2.75) is 46.4 Å². The molecule has 3 heterocycles. The summed E-state index contributed by atoms with van der Waals surface area (Å²) in [4.78, 5) is 33.6. The Kier molecular flexibility index (Phi) is 11.2. The summed E-state index contributed by atoms with van der Waals surface area (Å²) in [6.45, 7) is 14.7. The van der Waals surface area contributed by atoms with Crippen molar-refractivity contribution in [1.82, 2.24) is 14.8 Å². The average molecular weight is 628 g/mol. The number of nitrogens with zero attached hydrogens (tertiary/aromatic N) is 3. The number of anilines is 2. The first-order chi connectivity index (χ1) is 20.5. The lowest BCUT2D eigenvalue weighted by Crippen LogP contribution is -2.47. The fourth-order valence-electron chi connectivity index (χ4n) is 4.99. The van der Waals surface area contributed by atoms with Crippen LogP contribution >= 0.6 is 11.6 Å². The van der Waals surface area contributed by atoms with Crippen molar-refractivity contribution in [3.05, 3.63) is 75.6 Å². The Morgan fingerprint density at radius 1 is 1.00 bits per heavy atom. The average Bonchev–Trinajstić information content (AvgIpc) is 3.47. The predicted octanol–water partition coefficient (Wildman–Crippen LogP) is 6.04. The van der Waals surface area contributed by atoms with Crippen molar-refractivity contribution in [3.8, 4) is 0 Å². The van der Waals surface area contributed by atoms with E-state index in [0.29, 0.717) is 51.9 Å². The van der Waals surface area contributed by atoms with Gasteiger partial charge in [0.25, 0.3) is 21.8 Å². The highest BCUT2D eigenvalue weighted by Crippen LogP contribution is 2.37. The number of fused-ring (bicyclic) bond motifs is 1. The molecule has 232 valence electrons. The van der Waals surface area contributed by atoms with Crippen LogP contribution in [0.5, 0.6) is 0 Å². The number of hydrogen-bond acceptors (Lipinski definition) is 5. The number of piperazine rings is 1. The summed E-state index contributed by atoms with van der Waals surface area (Å²) in [5.74, 6) is -0.381.